The van der Waals surface area contributed by atoms with E-state index in [0.717, 1.165) is 5.56 Å². The van der Waals surface area contributed by atoms with Crippen molar-refractivity contribution in [2.45, 2.75) is 36.8 Å². The molecular formula is C21H24O6. The van der Waals surface area contributed by atoms with Crippen LogP contribution in [-0.2, 0) is 19.8 Å². The summed E-state index contributed by atoms with van der Waals surface area (Å²) in [7, 11) is 3.21. The third kappa shape index (κ3) is 1.60. The first-order valence-corrected chi connectivity index (χ1v) is 9.20. The quantitative estimate of drug-likeness (QED) is 0.801. The van der Waals surface area contributed by atoms with Crippen LogP contribution in [0.3, 0.4) is 0 Å². The number of hydrogen-bond donors (Lipinski definition) is 1. The molecule has 6 heteroatoms. The van der Waals surface area contributed by atoms with Gasteiger partial charge in [-0.05, 0) is 30.2 Å². The molecule has 0 radical (unpaired) electrons. The van der Waals surface area contributed by atoms with E-state index in [1.807, 2.05) is 30.4 Å². The molecule has 2 saturated heterocycles. The summed E-state index contributed by atoms with van der Waals surface area (Å²) < 4.78 is 29.2. The average molecular weight is 372 g/mol. The molecule has 27 heavy (non-hydrogen) atoms. The summed E-state index contributed by atoms with van der Waals surface area (Å²) in [5, 5.41) is 11.2. The third-order valence-corrected chi connectivity index (χ3v) is 7.14. The van der Waals surface area contributed by atoms with Crippen LogP contribution in [0, 0.1) is 11.3 Å². The molecule has 1 aromatic carbocycles. The van der Waals surface area contributed by atoms with E-state index in [2.05, 4.69) is 13.5 Å². The number of methoxy groups -OCH3 is 2. The average Bonchev–Trinajstić information content (AvgIpc) is 3.25. The number of ether oxygens (including phenoxy) is 5. The van der Waals surface area contributed by atoms with E-state index in [9.17, 15) is 5.11 Å². The highest BCUT2D eigenvalue weighted by Gasteiger charge is 2.88. The Morgan fingerprint density at radius 2 is 2.07 bits per heavy atom. The van der Waals surface area contributed by atoms with Crippen LogP contribution in [0.1, 0.15) is 18.9 Å². The van der Waals surface area contributed by atoms with Gasteiger partial charge in [0.25, 0.3) is 0 Å². The topological polar surface area (TPSA) is 66.4 Å². The lowest BCUT2D eigenvalue weighted by molar-refractivity contribution is -0.370. The van der Waals surface area contributed by atoms with Crippen molar-refractivity contribution in [1.82, 2.24) is 0 Å². The van der Waals surface area contributed by atoms with Gasteiger partial charge in [0.2, 0.25) is 6.79 Å². The summed E-state index contributed by atoms with van der Waals surface area (Å²) in [6, 6.07) is 5.80. The van der Waals surface area contributed by atoms with Crippen molar-refractivity contribution in [3.05, 3.63) is 48.3 Å². The summed E-state index contributed by atoms with van der Waals surface area (Å²) in [5.74, 6) is 1.94. The highest BCUT2D eigenvalue weighted by molar-refractivity contribution is 5.54. The SMILES string of the molecule is C=CCC12C=C(OC)C(O)C3(OC)C1OC3(c1ccc3c(c1)OCO3)C2C. The molecule has 1 aromatic rings. The van der Waals surface area contributed by atoms with Gasteiger partial charge >= 0.3 is 0 Å². The van der Waals surface area contributed by atoms with Crippen LogP contribution in [0.4, 0.5) is 0 Å². The second-order valence-corrected chi connectivity index (χ2v) is 7.78. The van der Waals surface area contributed by atoms with E-state index in [0.29, 0.717) is 23.7 Å². The molecule has 6 rings (SSSR count). The zero-order valence-corrected chi connectivity index (χ0v) is 15.7. The van der Waals surface area contributed by atoms with Crippen molar-refractivity contribution in [3.8, 4) is 11.5 Å². The molecule has 0 amide bonds. The molecule has 3 heterocycles. The zero-order valence-electron chi connectivity index (χ0n) is 15.7. The van der Waals surface area contributed by atoms with Crippen LogP contribution in [-0.4, -0.2) is 43.9 Å². The van der Waals surface area contributed by atoms with Crippen molar-refractivity contribution >= 4 is 0 Å². The Morgan fingerprint density at radius 3 is 2.78 bits per heavy atom. The Kier molecular flexibility index (Phi) is 3.34. The maximum Gasteiger partial charge on any atom is 0.231 e. The van der Waals surface area contributed by atoms with E-state index in [1.54, 1.807) is 14.2 Å². The molecule has 0 aromatic heterocycles. The molecule has 2 aliphatic carbocycles. The molecule has 6 unspecified atom stereocenters. The molecule has 1 N–H and O–H groups in total. The fourth-order valence-corrected chi connectivity index (χ4v) is 5.96. The van der Waals surface area contributed by atoms with Crippen molar-refractivity contribution in [2.24, 2.45) is 11.3 Å². The first kappa shape index (κ1) is 17.1. The minimum atomic E-state index is -0.941. The predicted molar refractivity (Wildman–Crippen MR) is 96.4 cm³/mol. The second kappa shape index (κ2) is 5.28. The normalized spacial score (nSPS) is 43.1. The molecular weight excluding hydrogens is 348 g/mol. The van der Waals surface area contributed by atoms with Gasteiger partial charge in [-0.1, -0.05) is 19.1 Å². The van der Waals surface area contributed by atoms with Gasteiger partial charge in [-0.3, -0.25) is 0 Å². The van der Waals surface area contributed by atoms with Gasteiger partial charge in [0.05, 0.1) is 7.11 Å². The van der Waals surface area contributed by atoms with E-state index in [-0.39, 0.29) is 24.2 Å². The summed E-state index contributed by atoms with van der Waals surface area (Å²) in [5.41, 5.74) is -1.22. The Morgan fingerprint density at radius 1 is 1.30 bits per heavy atom. The summed E-state index contributed by atoms with van der Waals surface area (Å²) in [4.78, 5) is 0. The van der Waals surface area contributed by atoms with Gasteiger partial charge in [0.1, 0.15) is 23.6 Å². The fraction of sp³-hybridized carbons (Fsp3) is 0.524. The van der Waals surface area contributed by atoms with Gasteiger partial charge in [-0.25, -0.2) is 0 Å². The maximum absolute atomic E-state index is 11.2. The number of rotatable bonds is 5. The van der Waals surface area contributed by atoms with E-state index >= 15 is 0 Å². The Balaban J connectivity index is 1.74. The molecule has 6 nitrogen and oxygen atoms in total. The lowest BCUT2D eigenvalue weighted by Gasteiger charge is -2.61. The Bertz CT molecular complexity index is 849. The number of fused-ring (bicyclic) bond motifs is 1. The van der Waals surface area contributed by atoms with Crippen molar-refractivity contribution in [2.75, 3.05) is 21.0 Å². The smallest absolute Gasteiger partial charge is 0.231 e. The van der Waals surface area contributed by atoms with Gasteiger partial charge in [-0.15, -0.1) is 6.58 Å². The number of aliphatic hydroxyl groups is 1. The van der Waals surface area contributed by atoms with Crippen molar-refractivity contribution in [3.63, 3.8) is 0 Å². The summed E-state index contributed by atoms with van der Waals surface area (Å²) >= 11 is 0. The van der Waals surface area contributed by atoms with E-state index < -0.39 is 17.3 Å². The molecule has 1 saturated carbocycles. The number of aliphatic hydroxyl groups excluding tert-OH is 1. The predicted octanol–water partition coefficient (Wildman–Crippen LogP) is 2.51. The largest absolute Gasteiger partial charge is 0.499 e. The minimum absolute atomic E-state index is 0.0237. The Labute approximate surface area is 158 Å². The van der Waals surface area contributed by atoms with Crippen LogP contribution in [0.5, 0.6) is 11.5 Å². The van der Waals surface area contributed by atoms with E-state index in [4.69, 9.17) is 23.7 Å². The molecule has 3 aliphatic heterocycles. The number of allylic oxidation sites excluding steroid dienone is 1. The van der Waals surface area contributed by atoms with Crippen LogP contribution in [0.15, 0.2) is 42.7 Å². The molecule has 144 valence electrons. The third-order valence-electron chi connectivity index (χ3n) is 7.14. The summed E-state index contributed by atoms with van der Waals surface area (Å²) in [6.45, 7) is 6.31. The summed E-state index contributed by atoms with van der Waals surface area (Å²) in [6.07, 6.45) is 3.40. The minimum Gasteiger partial charge on any atom is -0.499 e. The molecule has 4 bridgehead atoms. The van der Waals surface area contributed by atoms with Crippen molar-refractivity contribution < 1.29 is 28.8 Å². The second-order valence-electron chi connectivity index (χ2n) is 7.78. The lowest BCUT2D eigenvalue weighted by Crippen LogP contribution is -2.76. The number of benzene rings is 1. The first-order chi connectivity index (χ1) is 13.0. The zero-order chi connectivity index (χ0) is 19.0. The highest BCUT2D eigenvalue weighted by atomic mass is 16.7. The van der Waals surface area contributed by atoms with Gasteiger partial charge in [-0.2, -0.15) is 0 Å². The van der Waals surface area contributed by atoms with Crippen LogP contribution in [0.25, 0.3) is 0 Å². The molecule has 5 aliphatic rings. The van der Waals surface area contributed by atoms with E-state index in [1.165, 1.54) is 0 Å². The maximum atomic E-state index is 11.2. The molecule has 6 atom stereocenters. The van der Waals surface area contributed by atoms with Gasteiger partial charge < -0.3 is 28.8 Å². The first-order valence-electron chi connectivity index (χ1n) is 9.20. The monoisotopic (exact) mass is 372 g/mol. The fourth-order valence-electron chi connectivity index (χ4n) is 5.96. The molecule has 0 spiro atoms. The molecule has 3 fully saturated rings. The van der Waals surface area contributed by atoms with Gasteiger partial charge in [0, 0.05) is 18.4 Å². The van der Waals surface area contributed by atoms with Gasteiger partial charge in [0.15, 0.2) is 17.1 Å². The van der Waals surface area contributed by atoms with Crippen molar-refractivity contribution in [1.29, 1.82) is 0 Å². The highest BCUT2D eigenvalue weighted by Crippen LogP contribution is 2.77. The van der Waals surface area contributed by atoms with Crippen LogP contribution in [0.2, 0.25) is 0 Å². The standard InChI is InChI=1S/C21H24O6/c1-5-8-19-10-16(23-3)17(22)21(24-4)18(19)27-20(21,12(19)2)13-6-7-14-15(9-13)26-11-25-14/h5-7,9-10,12,17-18,22H,1,8,11H2,2-4H3. The Hall–Kier alpha value is -2.02. The lowest BCUT2D eigenvalue weighted by atomic mass is 9.66. The van der Waals surface area contributed by atoms with Crippen LogP contribution >= 0.6 is 0 Å². The van der Waals surface area contributed by atoms with Crippen LogP contribution < -0.4 is 9.47 Å². The number of hydrogen-bond acceptors (Lipinski definition) is 6.